The number of ether oxygens (including phenoxy) is 2. The number of carbonyl (C=O) groups excluding carboxylic acids is 3. The first-order valence-corrected chi connectivity index (χ1v) is 11.3. The lowest BCUT2D eigenvalue weighted by Gasteiger charge is -2.29. The molecule has 3 aromatic rings. The molecule has 0 radical (unpaired) electrons. The number of benzene rings is 2. The Bertz CT molecular complexity index is 1180. The molecule has 0 N–H and O–H groups in total. The average Bonchev–Trinajstić information content (AvgIpc) is 3.32. The van der Waals surface area contributed by atoms with E-state index in [0.29, 0.717) is 40.0 Å². The highest BCUT2D eigenvalue weighted by molar-refractivity contribution is 7.09. The Morgan fingerprint density at radius 1 is 1.21 bits per heavy atom. The van der Waals surface area contributed by atoms with Crippen molar-refractivity contribution in [1.82, 2.24) is 9.88 Å². The van der Waals surface area contributed by atoms with Crippen molar-refractivity contribution in [1.29, 1.82) is 0 Å². The van der Waals surface area contributed by atoms with Crippen LogP contribution in [0.5, 0.6) is 11.5 Å². The van der Waals surface area contributed by atoms with Crippen LogP contribution in [0.15, 0.2) is 53.9 Å². The Morgan fingerprint density at radius 3 is 2.76 bits per heavy atom. The summed E-state index contributed by atoms with van der Waals surface area (Å²) in [6, 6.07) is 14.1. The topological polar surface area (TPSA) is 89.0 Å². The van der Waals surface area contributed by atoms with Crippen molar-refractivity contribution < 1.29 is 23.9 Å². The molecule has 0 atom stereocenters. The highest BCUT2D eigenvalue weighted by Crippen LogP contribution is 2.34. The molecular formula is C24H23N3O5S. The number of aromatic nitrogens is 1. The van der Waals surface area contributed by atoms with Crippen molar-refractivity contribution in [3.05, 3.63) is 70.2 Å². The molecule has 0 spiro atoms. The summed E-state index contributed by atoms with van der Waals surface area (Å²) in [6.45, 7) is 2.42. The van der Waals surface area contributed by atoms with Crippen LogP contribution in [0.4, 0.5) is 5.69 Å². The van der Waals surface area contributed by atoms with Crippen molar-refractivity contribution in [3.8, 4) is 11.5 Å². The molecule has 4 rings (SSSR count). The third-order valence-corrected chi connectivity index (χ3v) is 6.06. The lowest BCUT2D eigenvalue weighted by Crippen LogP contribution is -2.38. The first-order chi connectivity index (χ1) is 16.0. The normalized spacial score (nSPS) is 12.7. The number of ketones is 1. The van der Waals surface area contributed by atoms with Gasteiger partial charge in [0.25, 0.3) is 11.8 Å². The number of amides is 2. The van der Waals surface area contributed by atoms with Crippen LogP contribution in [0.3, 0.4) is 0 Å². The van der Waals surface area contributed by atoms with Crippen LogP contribution in [0.25, 0.3) is 0 Å². The summed E-state index contributed by atoms with van der Waals surface area (Å²) >= 11 is 1.31. The molecular weight excluding hydrogens is 442 g/mol. The summed E-state index contributed by atoms with van der Waals surface area (Å²) in [6.07, 6.45) is 0. The summed E-state index contributed by atoms with van der Waals surface area (Å²) in [5.41, 5.74) is 1.25. The molecule has 0 fully saturated rings. The summed E-state index contributed by atoms with van der Waals surface area (Å²) in [5.74, 6) is 0.478. The van der Waals surface area contributed by atoms with E-state index in [2.05, 4.69) is 4.98 Å². The van der Waals surface area contributed by atoms with E-state index in [0.717, 1.165) is 0 Å². The molecule has 2 amide bonds. The number of carbonyl (C=O) groups is 3. The van der Waals surface area contributed by atoms with Gasteiger partial charge in [-0.2, -0.15) is 0 Å². The Labute approximate surface area is 195 Å². The fourth-order valence-electron chi connectivity index (χ4n) is 3.25. The molecule has 0 bridgehead atoms. The van der Waals surface area contributed by atoms with Gasteiger partial charge in [0.1, 0.15) is 22.2 Å². The molecule has 0 saturated carbocycles. The van der Waals surface area contributed by atoms with Gasteiger partial charge in [-0.05, 0) is 37.3 Å². The van der Waals surface area contributed by atoms with Gasteiger partial charge in [0.05, 0.1) is 12.2 Å². The average molecular weight is 466 g/mol. The molecule has 0 aliphatic carbocycles. The Kier molecular flexibility index (Phi) is 6.69. The maximum atomic E-state index is 12.7. The second kappa shape index (κ2) is 9.83. The van der Waals surface area contributed by atoms with E-state index in [1.807, 2.05) is 25.1 Å². The fourth-order valence-corrected chi connectivity index (χ4v) is 4.01. The molecule has 1 aliphatic heterocycles. The highest BCUT2D eigenvalue weighted by Gasteiger charge is 2.28. The molecule has 170 valence electrons. The maximum absolute atomic E-state index is 12.7. The van der Waals surface area contributed by atoms with Crippen molar-refractivity contribution in [2.24, 2.45) is 0 Å². The predicted octanol–water partition coefficient (Wildman–Crippen LogP) is 3.42. The molecule has 0 unspecified atom stereocenters. The van der Waals surface area contributed by atoms with E-state index in [-0.39, 0.29) is 37.4 Å². The number of rotatable bonds is 8. The minimum absolute atomic E-state index is 0.104. The van der Waals surface area contributed by atoms with Crippen molar-refractivity contribution >= 4 is 34.6 Å². The molecule has 0 saturated heterocycles. The SMILES string of the molecule is CCN(C)C(=O)c1csc(CN2C(=O)COc3ccc(C(=O)COc4ccccc4)cc32)n1. The van der Waals surface area contributed by atoms with Gasteiger partial charge in [-0.15, -0.1) is 11.3 Å². The van der Waals surface area contributed by atoms with Crippen molar-refractivity contribution in [2.75, 3.05) is 31.7 Å². The molecule has 33 heavy (non-hydrogen) atoms. The lowest BCUT2D eigenvalue weighted by molar-refractivity contribution is -0.121. The second-order valence-corrected chi connectivity index (χ2v) is 8.36. The second-order valence-electron chi connectivity index (χ2n) is 7.42. The zero-order chi connectivity index (χ0) is 23.4. The first kappa shape index (κ1) is 22.5. The Balaban J connectivity index is 1.52. The fraction of sp³-hybridized carbons (Fsp3) is 0.250. The van der Waals surface area contributed by atoms with Gasteiger partial charge in [-0.1, -0.05) is 18.2 Å². The van der Waals surface area contributed by atoms with Gasteiger partial charge in [0.2, 0.25) is 0 Å². The Hall–Kier alpha value is -3.72. The van der Waals surface area contributed by atoms with E-state index < -0.39 is 0 Å². The minimum Gasteiger partial charge on any atom is -0.485 e. The van der Waals surface area contributed by atoms with E-state index in [1.54, 1.807) is 47.7 Å². The lowest BCUT2D eigenvalue weighted by atomic mass is 10.1. The molecule has 2 heterocycles. The van der Waals surface area contributed by atoms with Crippen LogP contribution in [-0.4, -0.2) is 54.3 Å². The number of hydrogen-bond donors (Lipinski definition) is 0. The number of Topliss-reactive ketones (excluding diaryl/α,β-unsaturated/α-hetero) is 1. The molecule has 1 aromatic heterocycles. The summed E-state index contributed by atoms with van der Waals surface area (Å²) in [4.78, 5) is 45.2. The number of para-hydroxylation sites is 1. The Morgan fingerprint density at radius 2 is 2.00 bits per heavy atom. The van der Waals surface area contributed by atoms with Gasteiger partial charge < -0.3 is 14.4 Å². The number of fused-ring (bicyclic) bond motifs is 1. The largest absolute Gasteiger partial charge is 0.485 e. The van der Waals surface area contributed by atoms with Gasteiger partial charge >= 0.3 is 0 Å². The van der Waals surface area contributed by atoms with Crippen LogP contribution in [0.1, 0.15) is 32.8 Å². The molecule has 2 aromatic carbocycles. The number of hydrogen-bond acceptors (Lipinski definition) is 7. The number of thiazole rings is 1. The third-order valence-electron chi connectivity index (χ3n) is 5.22. The smallest absolute Gasteiger partial charge is 0.273 e. The van der Waals surface area contributed by atoms with Crippen LogP contribution < -0.4 is 14.4 Å². The number of nitrogens with zero attached hydrogens (tertiary/aromatic N) is 3. The van der Waals surface area contributed by atoms with E-state index >= 15 is 0 Å². The van der Waals surface area contributed by atoms with Gasteiger partial charge in [-0.25, -0.2) is 4.98 Å². The monoisotopic (exact) mass is 465 g/mol. The van der Waals surface area contributed by atoms with Gasteiger partial charge in [0.15, 0.2) is 19.0 Å². The van der Waals surface area contributed by atoms with Crippen molar-refractivity contribution in [3.63, 3.8) is 0 Å². The standard InChI is InChI=1S/C24H23N3O5S/c1-3-26(2)24(30)18-15-33-22(25-18)12-27-19-11-16(9-10-21(19)32-14-23(27)29)20(28)13-31-17-7-5-4-6-8-17/h4-11,15H,3,12-14H2,1-2H3. The third kappa shape index (κ3) is 5.04. The van der Waals surface area contributed by atoms with Gasteiger partial charge in [0, 0.05) is 24.5 Å². The highest BCUT2D eigenvalue weighted by atomic mass is 32.1. The zero-order valence-corrected chi connectivity index (χ0v) is 19.1. The van der Waals surface area contributed by atoms with Gasteiger partial charge in [-0.3, -0.25) is 19.3 Å². The molecule has 8 nitrogen and oxygen atoms in total. The first-order valence-electron chi connectivity index (χ1n) is 10.4. The quantitative estimate of drug-likeness (QED) is 0.474. The maximum Gasteiger partial charge on any atom is 0.273 e. The van der Waals surface area contributed by atoms with Crippen molar-refractivity contribution in [2.45, 2.75) is 13.5 Å². The van der Waals surface area contributed by atoms with Crippen LogP contribution >= 0.6 is 11.3 Å². The van der Waals surface area contributed by atoms with E-state index in [4.69, 9.17) is 9.47 Å². The molecule has 9 heteroatoms. The predicted molar refractivity (Wildman–Crippen MR) is 124 cm³/mol. The van der Waals surface area contributed by atoms with Crippen LogP contribution in [0, 0.1) is 0 Å². The van der Waals surface area contributed by atoms with E-state index in [9.17, 15) is 14.4 Å². The number of anilines is 1. The summed E-state index contributed by atoms with van der Waals surface area (Å²) in [7, 11) is 1.71. The van der Waals surface area contributed by atoms with E-state index in [1.165, 1.54) is 16.2 Å². The van der Waals surface area contributed by atoms with Crippen LogP contribution in [0.2, 0.25) is 0 Å². The van der Waals surface area contributed by atoms with Crippen LogP contribution in [-0.2, 0) is 11.3 Å². The minimum atomic E-state index is -0.249. The summed E-state index contributed by atoms with van der Waals surface area (Å²) < 4.78 is 11.1. The zero-order valence-electron chi connectivity index (χ0n) is 18.3. The summed E-state index contributed by atoms with van der Waals surface area (Å²) in [5, 5.41) is 2.31. The molecule has 1 aliphatic rings.